The average Bonchev–Trinajstić information content (AvgIpc) is 3.13. The van der Waals surface area contributed by atoms with Gasteiger partial charge in [-0.2, -0.15) is 5.10 Å². The molecular weight excluding hydrogens is 352 g/mol. The van der Waals surface area contributed by atoms with Crippen LogP contribution in [-0.4, -0.2) is 26.6 Å². The van der Waals surface area contributed by atoms with Gasteiger partial charge in [-0.1, -0.05) is 29.8 Å². The molecule has 0 bridgehead atoms. The molecule has 4 aromatic rings. The molecule has 1 aliphatic heterocycles. The van der Waals surface area contributed by atoms with Crippen LogP contribution in [0.15, 0.2) is 60.8 Å². The Labute approximate surface area is 161 Å². The Hall–Kier alpha value is -3.67. The monoisotopic (exact) mass is 370 g/mol. The molecular formula is C22H18N4O2. The first kappa shape index (κ1) is 16.5. The summed E-state index contributed by atoms with van der Waals surface area (Å²) < 4.78 is 7.47. The van der Waals surface area contributed by atoms with E-state index in [-0.39, 0.29) is 5.91 Å². The second-order valence-corrected chi connectivity index (χ2v) is 6.96. The van der Waals surface area contributed by atoms with E-state index >= 15 is 0 Å². The van der Waals surface area contributed by atoms with Crippen molar-refractivity contribution in [3.05, 3.63) is 66.4 Å². The zero-order valence-electron chi connectivity index (χ0n) is 15.5. The Kier molecular flexibility index (Phi) is 3.65. The zero-order valence-corrected chi connectivity index (χ0v) is 15.5. The van der Waals surface area contributed by atoms with Gasteiger partial charge in [-0.15, -0.1) is 0 Å². The molecule has 6 nitrogen and oxygen atoms in total. The van der Waals surface area contributed by atoms with E-state index in [1.54, 1.807) is 13.1 Å². The van der Waals surface area contributed by atoms with Gasteiger partial charge in [0.2, 0.25) is 0 Å². The third-order valence-electron chi connectivity index (χ3n) is 4.91. The van der Waals surface area contributed by atoms with Crippen molar-refractivity contribution in [2.75, 3.05) is 5.32 Å². The first-order chi connectivity index (χ1) is 13.6. The Morgan fingerprint density at radius 1 is 1.04 bits per heavy atom. The van der Waals surface area contributed by atoms with Crippen molar-refractivity contribution in [3.8, 4) is 28.3 Å². The Balaban J connectivity index is 1.61. The summed E-state index contributed by atoms with van der Waals surface area (Å²) in [7, 11) is 0. The Bertz CT molecular complexity index is 1210. The molecule has 5 rings (SSSR count). The molecule has 6 heteroatoms. The van der Waals surface area contributed by atoms with Gasteiger partial charge in [0.15, 0.2) is 11.8 Å². The summed E-state index contributed by atoms with van der Waals surface area (Å²) in [6.45, 7) is 3.79. The van der Waals surface area contributed by atoms with Crippen LogP contribution in [0.5, 0.6) is 5.75 Å². The van der Waals surface area contributed by atoms with Crippen molar-refractivity contribution in [1.29, 1.82) is 0 Å². The van der Waals surface area contributed by atoms with Crippen molar-refractivity contribution < 1.29 is 9.53 Å². The number of nitrogens with zero attached hydrogens (tertiary/aromatic N) is 3. The SMILES string of the molecule is Cc1ccc(-c2cc3nccc(-c4ccc5c(c4)NC(=O)C(C)O5)n3n2)cc1. The van der Waals surface area contributed by atoms with E-state index < -0.39 is 6.10 Å². The number of rotatable bonds is 2. The standard InChI is InChI=1S/C22H18N4O2/c1-13-3-5-15(6-4-13)17-12-21-23-10-9-19(26(21)25-17)16-7-8-20-18(11-16)24-22(27)14(2)28-20/h3-12,14H,1-2H3,(H,24,27). The van der Waals surface area contributed by atoms with Gasteiger partial charge < -0.3 is 10.1 Å². The molecule has 0 radical (unpaired) electrons. The maximum atomic E-state index is 11.9. The normalized spacial score (nSPS) is 15.8. The molecule has 0 saturated carbocycles. The van der Waals surface area contributed by atoms with Gasteiger partial charge in [-0.3, -0.25) is 4.79 Å². The number of amides is 1. The molecule has 138 valence electrons. The lowest BCUT2D eigenvalue weighted by Crippen LogP contribution is -2.34. The highest BCUT2D eigenvalue weighted by Gasteiger charge is 2.24. The van der Waals surface area contributed by atoms with Gasteiger partial charge in [0, 0.05) is 23.4 Å². The lowest BCUT2D eigenvalue weighted by Gasteiger charge is -2.23. The number of aryl methyl sites for hydroxylation is 1. The molecule has 3 heterocycles. The van der Waals surface area contributed by atoms with Gasteiger partial charge >= 0.3 is 0 Å². The fraction of sp³-hybridized carbons (Fsp3) is 0.136. The molecule has 1 unspecified atom stereocenters. The number of aromatic nitrogens is 3. The van der Waals surface area contributed by atoms with Gasteiger partial charge in [-0.05, 0) is 38.1 Å². The van der Waals surface area contributed by atoms with Crippen molar-refractivity contribution >= 4 is 17.2 Å². The van der Waals surface area contributed by atoms with E-state index in [2.05, 4.69) is 41.5 Å². The lowest BCUT2D eigenvalue weighted by atomic mass is 10.1. The van der Waals surface area contributed by atoms with E-state index in [0.29, 0.717) is 11.4 Å². The number of carbonyl (C=O) groups excluding carboxylic acids is 1. The Morgan fingerprint density at radius 3 is 2.64 bits per heavy atom. The topological polar surface area (TPSA) is 68.5 Å². The highest BCUT2D eigenvalue weighted by Crippen LogP contribution is 2.34. The summed E-state index contributed by atoms with van der Waals surface area (Å²) in [5.41, 5.74) is 6.35. The van der Waals surface area contributed by atoms with E-state index in [4.69, 9.17) is 9.84 Å². The van der Waals surface area contributed by atoms with Gasteiger partial charge in [-0.25, -0.2) is 9.50 Å². The fourth-order valence-corrected chi connectivity index (χ4v) is 3.35. The second-order valence-electron chi connectivity index (χ2n) is 6.96. The average molecular weight is 370 g/mol. The third-order valence-corrected chi connectivity index (χ3v) is 4.91. The first-order valence-electron chi connectivity index (χ1n) is 9.12. The highest BCUT2D eigenvalue weighted by atomic mass is 16.5. The molecule has 0 saturated heterocycles. The largest absolute Gasteiger partial charge is 0.479 e. The van der Waals surface area contributed by atoms with Crippen LogP contribution in [0.4, 0.5) is 5.69 Å². The molecule has 2 aromatic heterocycles. The van der Waals surface area contributed by atoms with Crippen molar-refractivity contribution in [2.45, 2.75) is 20.0 Å². The zero-order chi connectivity index (χ0) is 19.3. The van der Waals surface area contributed by atoms with Crippen LogP contribution in [0, 0.1) is 6.92 Å². The van der Waals surface area contributed by atoms with Crippen LogP contribution in [0.25, 0.3) is 28.2 Å². The van der Waals surface area contributed by atoms with Crippen LogP contribution in [0.3, 0.4) is 0 Å². The molecule has 1 atom stereocenters. The van der Waals surface area contributed by atoms with Gasteiger partial charge in [0.25, 0.3) is 5.91 Å². The molecule has 2 aromatic carbocycles. The molecule has 1 N–H and O–H groups in total. The van der Waals surface area contributed by atoms with Crippen molar-refractivity contribution in [2.24, 2.45) is 0 Å². The lowest BCUT2D eigenvalue weighted by molar-refractivity contribution is -0.122. The van der Waals surface area contributed by atoms with Crippen LogP contribution in [-0.2, 0) is 4.79 Å². The minimum atomic E-state index is -0.492. The Morgan fingerprint density at radius 2 is 1.82 bits per heavy atom. The van der Waals surface area contributed by atoms with E-state index in [1.165, 1.54) is 5.56 Å². The molecule has 0 fully saturated rings. The van der Waals surface area contributed by atoms with Crippen LogP contribution < -0.4 is 10.1 Å². The summed E-state index contributed by atoms with van der Waals surface area (Å²) in [5, 5.41) is 7.66. The van der Waals surface area contributed by atoms with Crippen LogP contribution >= 0.6 is 0 Å². The highest BCUT2D eigenvalue weighted by molar-refractivity contribution is 5.98. The smallest absolute Gasteiger partial charge is 0.265 e. The van der Waals surface area contributed by atoms with E-state index in [1.807, 2.05) is 34.8 Å². The summed E-state index contributed by atoms with van der Waals surface area (Å²) in [4.78, 5) is 16.4. The summed E-state index contributed by atoms with van der Waals surface area (Å²) in [6.07, 6.45) is 1.27. The number of anilines is 1. The van der Waals surface area contributed by atoms with E-state index in [0.717, 1.165) is 28.2 Å². The maximum absolute atomic E-state index is 11.9. The van der Waals surface area contributed by atoms with Gasteiger partial charge in [0.05, 0.1) is 17.1 Å². The van der Waals surface area contributed by atoms with Gasteiger partial charge in [0.1, 0.15) is 5.75 Å². The molecule has 1 aliphatic rings. The fourth-order valence-electron chi connectivity index (χ4n) is 3.35. The maximum Gasteiger partial charge on any atom is 0.265 e. The molecule has 1 amide bonds. The second kappa shape index (κ2) is 6.20. The van der Waals surface area contributed by atoms with Crippen molar-refractivity contribution in [1.82, 2.24) is 14.6 Å². The predicted molar refractivity (Wildman–Crippen MR) is 107 cm³/mol. The summed E-state index contributed by atoms with van der Waals surface area (Å²) in [5.74, 6) is 0.521. The third kappa shape index (κ3) is 2.70. The quantitative estimate of drug-likeness (QED) is 0.577. The molecule has 0 spiro atoms. The minimum Gasteiger partial charge on any atom is -0.479 e. The summed E-state index contributed by atoms with van der Waals surface area (Å²) in [6, 6.07) is 17.9. The first-order valence-corrected chi connectivity index (χ1v) is 9.12. The number of ether oxygens (including phenoxy) is 1. The van der Waals surface area contributed by atoms with Crippen molar-refractivity contribution in [3.63, 3.8) is 0 Å². The number of carbonyl (C=O) groups is 1. The van der Waals surface area contributed by atoms with E-state index in [9.17, 15) is 4.79 Å². The number of fused-ring (bicyclic) bond motifs is 2. The minimum absolute atomic E-state index is 0.148. The van der Waals surface area contributed by atoms with Crippen LogP contribution in [0.2, 0.25) is 0 Å². The molecule has 0 aliphatic carbocycles. The number of hydrogen-bond acceptors (Lipinski definition) is 4. The number of hydrogen-bond donors (Lipinski definition) is 1. The van der Waals surface area contributed by atoms with Crippen LogP contribution in [0.1, 0.15) is 12.5 Å². The summed E-state index contributed by atoms with van der Waals surface area (Å²) >= 11 is 0. The molecule has 28 heavy (non-hydrogen) atoms. The number of nitrogens with one attached hydrogen (secondary N) is 1. The number of benzene rings is 2. The predicted octanol–water partition coefficient (Wildman–Crippen LogP) is 4.09.